The van der Waals surface area contributed by atoms with Crippen LogP contribution in [0.1, 0.15) is 40.0 Å². The van der Waals surface area contributed by atoms with Gasteiger partial charge in [-0.2, -0.15) is 0 Å². The molecule has 0 amide bonds. The Labute approximate surface area is 99.4 Å². The van der Waals surface area contributed by atoms with Gasteiger partial charge in [-0.05, 0) is 51.5 Å². The van der Waals surface area contributed by atoms with Crippen LogP contribution < -0.4 is 5.32 Å². The molecule has 4 atom stereocenters. The van der Waals surface area contributed by atoms with Crippen LogP contribution in [0.2, 0.25) is 0 Å². The molecule has 1 aliphatic heterocycles. The van der Waals surface area contributed by atoms with Gasteiger partial charge in [-0.1, -0.05) is 18.6 Å². The predicted molar refractivity (Wildman–Crippen MR) is 67.5 cm³/mol. The Kier molecular flexibility index (Phi) is 4.04. The van der Waals surface area contributed by atoms with Gasteiger partial charge in [0, 0.05) is 12.6 Å². The molecule has 2 nitrogen and oxygen atoms in total. The molecule has 1 N–H and O–H groups in total. The lowest BCUT2D eigenvalue weighted by molar-refractivity contribution is 0.112. The number of hydrogen-bond donors (Lipinski definition) is 1. The zero-order valence-corrected chi connectivity index (χ0v) is 10.8. The summed E-state index contributed by atoms with van der Waals surface area (Å²) in [6.45, 7) is 8.87. The average molecular weight is 223 g/mol. The Morgan fingerprint density at radius 2 is 2.25 bits per heavy atom. The maximum absolute atomic E-state index is 5.57. The molecule has 16 heavy (non-hydrogen) atoms. The molecule has 0 bridgehead atoms. The number of nitrogens with one attached hydrogen (secondary N) is 1. The van der Waals surface area contributed by atoms with Crippen molar-refractivity contribution in [2.75, 3.05) is 13.2 Å². The van der Waals surface area contributed by atoms with Crippen LogP contribution in [0.15, 0.2) is 11.6 Å². The Morgan fingerprint density at radius 1 is 1.44 bits per heavy atom. The smallest absolute Gasteiger partial charge is 0.0700 e. The number of ether oxygens (including phenoxy) is 1. The summed E-state index contributed by atoms with van der Waals surface area (Å²) in [7, 11) is 0. The molecular formula is C14H25NO. The third kappa shape index (κ3) is 3.08. The van der Waals surface area contributed by atoms with Crippen molar-refractivity contribution in [1.82, 2.24) is 5.32 Å². The summed E-state index contributed by atoms with van der Waals surface area (Å²) in [6.07, 6.45) is 6.62. The van der Waals surface area contributed by atoms with E-state index in [0.717, 1.165) is 25.0 Å². The third-order valence-corrected chi connectivity index (χ3v) is 3.93. The van der Waals surface area contributed by atoms with Crippen LogP contribution in [0.5, 0.6) is 0 Å². The molecule has 92 valence electrons. The molecular weight excluding hydrogens is 198 g/mol. The highest BCUT2D eigenvalue weighted by molar-refractivity contribution is 5.06. The standard InChI is InChI=1S/C14H25NO/c1-10-6-11(2)8-13(7-10)9-15-14-4-5-16-12(14)3/h6,10,12-15H,4-5,7-9H2,1-3H3. The highest BCUT2D eigenvalue weighted by Gasteiger charge is 2.25. The highest BCUT2D eigenvalue weighted by Crippen LogP contribution is 2.27. The lowest BCUT2D eigenvalue weighted by Gasteiger charge is -2.27. The molecule has 1 heterocycles. The Hall–Kier alpha value is -0.340. The van der Waals surface area contributed by atoms with Gasteiger partial charge in [0.2, 0.25) is 0 Å². The van der Waals surface area contributed by atoms with E-state index in [2.05, 4.69) is 32.2 Å². The van der Waals surface area contributed by atoms with Gasteiger partial charge in [-0.3, -0.25) is 0 Å². The first kappa shape index (κ1) is 12.1. The van der Waals surface area contributed by atoms with Crippen LogP contribution in [-0.4, -0.2) is 25.3 Å². The molecule has 0 radical (unpaired) electrons. The topological polar surface area (TPSA) is 21.3 Å². The van der Waals surface area contributed by atoms with Gasteiger partial charge in [0.15, 0.2) is 0 Å². The minimum atomic E-state index is 0.401. The zero-order valence-electron chi connectivity index (χ0n) is 10.8. The lowest BCUT2D eigenvalue weighted by atomic mass is 9.83. The summed E-state index contributed by atoms with van der Waals surface area (Å²) in [4.78, 5) is 0. The summed E-state index contributed by atoms with van der Waals surface area (Å²) in [6, 6.07) is 0.585. The number of hydrogen-bond acceptors (Lipinski definition) is 2. The van der Waals surface area contributed by atoms with Crippen molar-refractivity contribution in [3.8, 4) is 0 Å². The fraction of sp³-hybridized carbons (Fsp3) is 0.857. The SMILES string of the molecule is CC1=CC(C)CC(CNC2CCOC2C)C1. The molecule has 0 saturated carbocycles. The second-order valence-corrected chi connectivity index (χ2v) is 5.68. The normalized spacial score (nSPS) is 39.8. The second-order valence-electron chi connectivity index (χ2n) is 5.68. The van der Waals surface area contributed by atoms with Crippen LogP contribution in [0.3, 0.4) is 0 Å². The lowest BCUT2D eigenvalue weighted by Crippen LogP contribution is -2.38. The molecule has 4 unspecified atom stereocenters. The van der Waals surface area contributed by atoms with Gasteiger partial charge in [-0.15, -0.1) is 0 Å². The van der Waals surface area contributed by atoms with Gasteiger partial charge in [0.1, 0.15) is 0 Å². The van der Waals surface area contributed by atoms with Crippen LogP contribution in [-0.2, 0) is 4.74 Å². The minimum absolute atomic E-state index is 0.401. The van der Waals surface area contributed by atoms with E-state index in [0.29, 0.717) is 12.1 Å². The second kappa shape index (κ2) is 5.33. The Bertz CT molecular complexity index is 261. The molecule has 2 heteroatoms. The fourth-order valence-corrected chi connectivity index (χ4v) is 3.16. The van der Waals surface area contributed by atoms with Gasteiger partial charge in [0.25, 0.3) is 0 Å². The van der Waals surface area contributed by atoms with E-state index >= 15 is 0 Å². The quantitative estimate of drug-likeness (QED) is 0.743. The molecule has 0 aromatic carbocycles. The van der Waals surface area contributed by atoms with Crippen molar-refractivity contribution in [1.29, 1.82) is 0 Å². The van der Waals surface area contributed by atoms with Gasteiger partial charge in [0.05, 0.1) is 6.10 Å². The molecule has 1 fully saturated rings. The Balaban J connectivity index is 1.76. The first-order valence-corrected chi connectivity index (χ1v) is 6.67. The molecule has 0 aromatic rings. The van der Waals surface area contributed by atoms with Gasteiger partial charge < -0.3 is 10.1 Å². The first-order chi connectivity index (χ1) is 7.65. The van der Waals surface area contributed by atoms with Crippen molar-refractivity contribution in [2.45, 2.75) is 52.2 Å². The maximum Gasteiger partial charge on any atom is 0.0700 e. The Morgan fingerprint density at radius 3 is 2.88 bits per heavy atom. The molecule has 1 aliphatic carbocycles. The largest absolute Gasteiger partial charge is 0.377 e. The van der Waals surface area contributed by atoms with Crippen LogP contribution >= 0.6 is 0 Å². The number of allylic oxidation sites excluding steroid dienone is 2. The van der Waals surface area contributed by atoms with Crippen molar-refractivity contribution in [2.24, 2.45) is 11.8 Å². The molecule has 2 aliphatic rings. The van der Waals surface area contributed by atoms with E-state index in [9.17, 15) is 0 Å². The van der Waals surface area contributed by atoms with E-state index in [1.165, 1.54) is 19.3 Å². The summed E-state index contributed by atoms with van der Waals surface area (Å²) in [5.74, 6) is 1.59. The van der Waals surface area contributed by atoms with Crippen molar-refractivity contribution < 1.29 is 4.74 Å². The maximum atomic E-state index is 5.57. The highest BCUT2D eigenvalue weighted by atomic mass is 16.5. The number of rotatable bonds is 3. The third-order valence-electron chi connectivity index (χ3n) is 3.93. The van der Waals surface area contributed by atoms with Crippen LogP contribution in [0.4, 0.5) is 0 Å². The van der Waals surface area contributed by atoms with Gasteiger partial charge >= 0.3 is 0 Å². The summed E-state index contributed by atoms with van der Waals surface area (Å²) < 4.78 is 5.57. The fourth-order valence-electron chi connectivity index (χ4n) is 3.16. The minimum Gasteiger partial charge on any atom is -0.377 e. The van der Waals surface area contributed by atoms with Crippen LogP contribution in [0.25, 0.3) is 0 Å². The average Bonchev–Trinajstić information content (AvgIpc) is 2.59. The molecule has 0 aromatic heterocycles. The van der Waals surface area contributed by atoms with Crippen molar-refractivity contribution in [3.63, 3.8) is 0 Å². The summed E-state index contributed by atoms with van der Waals surface area (Å²) in [5, 5.41) is 3.69. The predicted octanol–water partition coefficient (Wildman–Crippen LogP) is 2.75. The molecule has 1 saturated heterocycles. The first-order valence-electron chi connectivity index (χ1n) is 6.67. The van der Waals surface area contributed by atoms with Crippen molar-refractivity contribution >= 4 is 0 Å². The van der Waals surface area contributed by atoms with Crippen molar-refractivity contribution in [3.05, 3.63) is 11.6 Å². The monoisotopic (exact) mass is 223 g/mol. The summed E-state index contributed by atoms with van der Waals surface area (Å²) in [5.41, 5.74) is 1.57. The molecule has 0 spiro atoms. The van der Waals surface area contributed by atoms with E-state index < -0.39 is 0 Å². The van der Waals surface area contributed by atoms with Crippen LogP contribution in [0, 0.1) is 11.8 Å². The van der Waals surface area contributed by atoms with E-state index in [4.69, 9.17) is 4.74 Å². The molecule has 2 rings (SSSR count). The van der Waals surface area contributed by atoms with E-state index in [1.54, 1.807) is 5.57 Å². The van der Waals surface area contributed by atoms with E-state index in [-0.39, 0.29) is 0 Å². The van der Waals surface area contributed by atoms with E-state index in [1.807, 2.05) is 0 Å². The zero-order chi connectivity index (χ0) is 11.5. The van der Waals surface area contributed by atoms with Gasteiger partial charge in [-0.25, -0.2) is 0 Å². The summed E-state index contributed by atoms with van der Waals surface area (Å²) >= 11 is 0.